The number of amides is 2. The molecular weight excluding hydrogens is 368 g/mol. The molecule has 3 aliphatic rings. The van der Waals surface area contributed by atoms with Crippen LogP contribution >= 0.6 is 0 Å². The number of carbonyl (C=O) groups is 3. The second kappa shape index (κ2) is 8.56. The van der Waals surface area contributed by atoms with Crippen LogP contribution in [0.3, 0.4) is 0 Å². The number of carbonyl (C=O) groups excluding carboxylic acids is 2. The van der Waals surface area contributed by atoms with Gasteiger partial charge in [-0.3, -0.25) is 9.59 Å². The number of nitrogens with zero attached hydrogens (tertiary/aromatic N) is 1. The SMILES string of the molecule is O=C(NC(CC1CCCc2ccccc21)C(=O)O)C1CCCN(C(=O)C2CC2)C1. The molecule has 29 heavy (non-hydrogen) atoms. The van der Waals surface area contributed by atoms with Crippen LogP contribution in [0.2, 0.25) is 0 Å². The first-order valence-corrected chi connectivity index (χ1v) is 10.9. The van der Waals surface area contributed by atoms with Crippen molar-refractivity contribution in [3.8, 4) is 0 Å². The molecule has 0 radical (unpaired) electrons. The molecule has 1 heterocycles. The summed E-state index contributed by atoms with van der Waals surface area (Å²) in [6, 6.07) is 7.33. The van der Waals surface area contributed by atoms with Crippen LogP contribution in [0.25, 0.3) is 0 Å². The number of fused-ring (bicyclic) bond motifs is 1. The predicted octanol–water partition coefficient (Wildman–Crippen LogP) is 2.71. The zero-order valence-electron chi connectivity index (χ0n) is 16.8. The predicted molar refractivity (Wildman–Crippen MR) is 108 cm³/mol. The largest absolute Gasteiger partial charge is 0.480 e. The molecule has 1 aromatic carbocycles. The number of piperidine rings is 1. The molecule has 0 bridgehead atoms. The van der Waals surface area contributed by atoms with Crippen LogP contribution in [0.1, 0.15) is 62.0 Å². The summed E-state index contributed by atoms with van der Waals surface area (Å²) in [5.41, 5.74) is 2.51. The van der Waals surface area contributed by atoms with Crippen molar-refractivity contribution < 1.29 is 19.5 Å². The van der Waals surface area contributed by atoms with Crippen LogP contribution in [-0.2, 0) is 20.8 Å². The lowest BCUT2D eigenvalue weighted by Crippen LogP contribution is -2.50. The van der Waals surface area contributed by atoms with Gasteiger partial charge < -0.3 is 15.3 Å². The van der Waals surface area contributed by atoms with Gasteiger partial charge in [0.15, 0.2) is 0 Å². The van der Waals surface area contributed by atoms with E-state index >= 15 is 0 Å². The summed E-state index contributed by atoms with van der Waals surface area (Å²) in [6.07, 6.45) is 6.85. The Labute approximate surface area is 171 Å². The molecule has 3 unspecified atom stereocenters. The summed E-state index contributed by atoms with van der Waals surface area (Å²) in [7, 11) is 0. The first kappa shape index (κ1) is 19.9. The minimum atomic E-state index is -0.983. The van der Waals surface area contributed by atoms with Gasteiger partial charge >= 0.3 is 5.97 Å². The Bertz CT molecular complexity index is 789. The van der Waals surface area contributed by atoms with Gasteiger partial charge in [0, 0.05) is 19.0 Å². The van der Waals surface area contributed by atoms with Crippen LogP contribution < -0.4 is 5.32 Å². The normalized spacial score (nSPS) is 25.0. The molecule has 0 spiro atoms. The number of carboxylic acids is 1. The summed E-state index contributed by atoms with van der Waals surface area (Å²) in [5.74, 6) is -1.06. The number of hydrogen-bond acceptors (Lipinski definition) is 3. The van der Waals surface area contributed by atoms with Crippen molar-refractivity contribution in [3.63, 3.8) is 0 Å². The third-order valence-corrected chi connectivity index (χ3v) is 6.66. The average Bonchev–Trinajstić information content (AvgIpc) is 3.58. The fourth-order valence-corrected chi connectivity index (χ4v) is 4.87. The zero-order valence-corrected chi connectivity index (χ0v) is 16.8. The Hall–Kier alpha value is -2.37. The van der Waals surface area contributed by atoms with Gasteiger partial charge in [0.2, 0.25) is 11.8 Å². The Morgan fingerprint density at radius 2 is 1.86 bits per heavy atom. The summed E-state index contributed by atoms with van der Waals surface area (Å²) in [6.45, 7) is 1.13. The van der Waals surface area contributed by atoms with Crippen molar-refractivity contribution >= 4 is 17.8 Å². The molecule has 1 saturated carbocycles. The number of rotatable bonds is 6. The molecule has 2 aliphatic carbocycles. The molecule has 6 heteroatoms. The molecule has 2 fully saturated rings. The van der Waals surface area contributed by atoms with E-state index in [-0.39, 0.29) is 29.6 Å². The third kappa shape index (κ3) is 4.62. The van der Waals surface area contributed by atoms with E-state index in [1.807, 2.05) is 12.1 Å². The molecule has 1 aliphatic heterocycles. The first-order chi connectivity index (χ1) is 14.0. The van der Waals surface area contributed by atoms with Gasteiger partial charge in [0.05, 0.1) is 5.92 Å². The summed E-state index contributed by atoms with van der Waals surface area (Å²) in [5, 5.41) is 12.5. The number of benzene rings is 1. The highest BCUT2D eigenvalue weighted by Gasteiger charge is 2.37. The molecule has 1 saturated heterocycles. The van der Waals surface area contributed by atoms with Gasteiger partial charge in [0.25, 0.3) is 0 Å². The molecule has 3 atom stereocenters. The van der Waals surface area contributed by atoms with Crippen molar-refractivity contribution in [1.29, 1.82) is 0 Å². The van der Waals surface area contributed by atoms with Crippen LogP contribution in [0.4, 0.5) is 0 Å². The Balaban J connectivity index is 1.39. The van der Waals surface area contributed by atoms with Crippen LogP contribution in [-0.4, -0.2) is 46.9 Å². The highest BCUT2D eigenvalue weighted by atomic mass is 16.4. The number of likely N-dealkylation sites (tertiary alicyclic amines) is 1. The Kier molecular flexibility index (Phi) is 5.88. The molecule has 0 aromatic heterocycles. The molecule has 2 amide bonds. The molecule has 2 N–H and O–H groups in total. The molecule has 156 valence electrons. The monoisotopic (exact) mass is 398 g/mol. The lowest BCUT2D eigenvalue weighted by Gasteiger charge is -2.33. The van der Waals surface area contributed by atoms with E-state index in [4.69, 9.17) is 0 Å². The Morgan fingerprint density at radius 1 is 1.07 bits per heavy atom. The number of hydrogen-bond donors (Lipinski definition) is 2. The van der Waals surface area contributed by atoms with Crippen molar-refractivity contribution in [2.24, 2.45) is 11.8 Å². The standard InChI is InChI=1S/C23H30N2O4/c26-21(18-8-4-12-25(14-18)22(27)16-10-11-16)24-20(23(28)29)13-17-7-3-6-15-5-1-2-9-19(15)17/h1-2,5,9,16-18,20H,3-4,6-8,10-14H2,(H,24,26)(H,28,29). The first-order valence-electron chi connectivity index (χ1n) is 10.9. The second-order valence-electron chi connectivity index (χ2n) is 8.82. The van der Waals surface area contributed by atoms with E-state index in [1.165, 1.54) is 11.1 Å². The van der Waals surface area contributed by atoms with Gasteiger partial charge in [-0.25, -0.2) is 4.79 Å². The fraction of sp³-hybridized carbons (Fsp3) is 0.609. The molecular formula is C23H30N2O4. The highest BCUT2D eigenvalue weighted by Crippen LogP contribution is 2.35. The number of carboxylic acid groups (broad SMARTS) is 1. The number of aliphatic carboxylic acids is 1. The maximum Gasteiger partial charge on any atom is 0.326 e. The number of nitrogens with one attached hydrogen (secondary N) is 1. The van der Waals surface area contributed by atoms with E-state index < -0.39 is 12.0 Å². The fourth-order valence-electron chi connectivity index (χ4n) is 4.87. The van der Waals surface area contributed by atoms with Gasteiger partial charge in [-0.05, 0) is 68.4 Å². The minimum Gasteiger partial charge on any atom is -0.480 e. The van der Waals surface area contributed by atoms with Crippen LogP contribution in [0.5, 0.6) is 0 Å². The minimum absolute atomic E-state index is 0.148. The van der Waals surface area contributed by atoms with Crippen LogP contribution in [0.15, 0.2) is 24.3 Å². The average molecular weight is 399 g/mol. The quantitative estimate of drug-likeness (QED) is 0.771. The van der Waals surface area contributed by atoms with Crippen LogP contribution in [0, 0.1) is 11.8 Å². The van der Waals surface area contributed by atoms with E-state index in [0.29, 0.717) is 25.9 Å². The summed E-state index contributed by atoms with van der Waals surface area (Å²) >= 11 is 0. The van der Waals surface area contributed by atoms with Gasteiger partial charge in [-0.1, -0.05) is 24.3 Å². The van der Waals surface area contributed by atoms with Crippen molar-refractivity contribution in [3.05, 3.63) is 35.4 Å². The van der Waals surface area contributed by atoms with E-state index in [0.717, 1.165) is 38.5 Å². The molecule has 6 nitrogen and oxygen atoms in total. The van der Waals surface area contributed by atoms with Gasteiger partial charge in [0.1, 0.15) is 6.04 Å². The zero-order chi connectivity index (χ0) is 20.4. The van der Waals surface area contributed by atoms with E-state index in [9.17, 15) is 19.5 Å². The summed E-state index contributed by atoms with van der Waals surface area (Å²) < 4.78 is 0. The molecule has 4 rings (SSSR count). The third-order valence-electron chi connectivity index (χ3n) is 6.66. The molecule has 1 aromatic rings. The smallest absolute Gasteiger partial charge is 0.326 e. The van der Waals surface area contributed by atoms with Gasteiger partial charge in [-0.15, -0.1) is 0 Å². The van der Waals surface area contributed by atoms with Crippen molar-refractivity contribution in [2.45, 2.75) is 63.3 Å². The van der Waals surface area contributed by atoms with Gasteiger partial charge in [-0.2, -0.15) is 0 Å². The lowest BCUT2D eigenvalue weighted by molar-refractivity contribution is -0.144. The summed E-state index contributed by atoms with van der Waals surface area (Å²) in [4.78, 5) is 38.9. The lowest BCUT2D eigenvalue weighted by atomic mass is 9.79. The second-order valence-corrected chi connectivity index (χ2v) is 8.82. The van der Waals surface area contributed by atoms with Crippen molar-refractivity contribution in [2.75, 3.05) is 13.1 Å². The maximum atomic E-state index is 12.8. The van der Waals surface area contributed by atoms with E-state index in [1.54, 1.807) is 4.90 Å². The number of aryl methyl sites for hydroxylation is 1. The van der Waals surface area contributed by atoms with Crippen molar-refractivity contribution in [1.82, 2.24) is 10.2 Å². The Morgan fingerprint density at radius 3 is 2.62 bits per heavy atom. The topological polar surface area (TPSA) is 86.7 Å². The maximum absolute atomic E-state index is 12.8. The highest BCUT2D eigenvalue weighted by molar-refractivity contribution is 5.86. The van der Waals surface area contributed by atoms with E-state index in [2.05, 4.69) is 17.4 Å².